The highest BCUT2D eigenvalue weighted by molar-refractivity contribution is 9.10. The van der Waals surface area contributed by atoms with Crippen LogP contribution >= 0.6 is 27.3 Å². The first-order valence-corrected chi connectivity index (χ1v) is 6.74. The first kappa shape index (κ1) is 10.4. The van der Waals surface area contributed by atoms with Gasteiger partial charge in [0.25, 0.3) is 0 Å². The van der Waals surface area contributed by atoms with Gasteiger partial charge in [-0.1, -0.05) is 0 Å². The van der Waals surface area contributed by atoms with Crippen LogP contribution in [0.15, 0.2) is 22.9 Å². The maximum Gasteiger partial charge on any atom is 0.125 e. The molecule has 3 nitrogen and oxygen atoms in total. The molecule has 5 heteroatoms. The number of rotatable bonds is 1. The average molecular weight is 296 g/mol. The Kier molecular flexibility index (Phi) is 2.75. The zero-order valence-corrected chi connectivity index (χ0v) is 10.9. The summed E-state index contributed by atoms with van der Waals surface area (Å²) in [6, 6.07) is 2.06. The molecule has 0 aromatic carbocycles. The van der Waals surface area contributed by atoms with Gasteiger partial charge in [0.1, 0.15) is 5.01 Å². The van der Waals surface area contributed by atoms with E-state index in [0.717, 1.165) is 34.6 Å². The second-order valence-corrected chi connectivity index (χ2v) is 5.71. The fraction of sp³-hybridized carbons (Fsp3) is 0.273. The second-order valence-electron chi connectivity index (χ2n) is 3.71. The first-order valence-electron chi connectivity index (χ1n) is 5.13. The Balaban J connectivity index is 2.03. The molecule has 0 saturated carbocycles. The standard InChI is InChI=1S/C11H10BrN3S/c12-8-3-7(4-14-5-8)11-15-9-1-2-13-6-10(9)16-11/h3-5,13H,1-2,6H2. The van der Waals surface area contributed by atoms with E-state index in [1.165, 1.54) is 10.6 Å². The van der Waals surface area contributed by atoms with E-state index in [1.807, 2.05) is 6.20 Å². The predicted octanol–water partition coefficient (Wildman–Crippen LogP) is 2.61. The maximum atomic E-state index is 4.68. The van der Waals surface area contributed by atoms with Gasteiger partial charge in [0.15, 0.2) is 0 Å². The van der Waals surface area contributed by atoms with Crippen molar-refractivity contribution in [1.82, 2.24) is 15.3 Å². The van der Waals surface area contributed by atoms with E-state index in [9.17, 15) is 0 Å². The van der Waals surface area contributed by atoms with Gasteiger partial charge < -0.3 is 5.32 Å². The monoisotopic (exact) mass is 295 g/mol. The van der Waals surface area contributed by atoms with Crippen molar-refractivity contribution in [3.05, 3.63) is 33.5 Å². The smallest absolute Gasteiger partial charge is 0.125 e. The van der Waals surface area contributed by atoms with Crippen LogP contribution in [0.25, 0.3) is 10.6 Å². The van der Waals surface area contributed by atoms with Crippen LogP contribution in [0.1, 0.15) is 10.6 Å². The van der Waals surface area contributed by atoms with Gasteiger partial charge in [0.2, 0.25) is 0 Å². The molecule has 2 aromatic rings. The van der Waals surface area contributed by atoms with Crippen LogP contribution in [0.2, 0.25) is 0 Å². The molecule has 1 N–H and O–H groups in total. The van der Waals surface area contributed by atoms with Crippen molar-refractivity contribution in [1.29, 1.82) is 0 Å². The largest absolute Gasteiger partial charge is 0.311 e. The molecular weight excluding hydrogens is 286 g/mol. The molecular formula is C11H10BrN3S. The Morgan fingerprint density at radius 3 is 3.12 bits per heavy atom. The predicted molar refractivity (Wildman–Crippen MR) is 68.5 cm³/mol. The third kappa shape index (κ3) is 1.90. The summed E-state index contributed by atoms with van der Waals surface area (Å²) in [7, 11) is 0. The first-order chi connectivity index (χ1) is 7.83. The minimum absolute atomic E-state index is 0.953. The molecule has 1 aliphatic heterocycles. The van der Waals surface area contributed by atoms with Gasteiger partial charge in [-0.3, -0.25) is 4.98 Å². The van der Waals surface area contributed by atoms with Gasteiger partial charge in [-0.15, -0.1) is 11.3 Å². The number of nitrogens with zero attached hydrogens (tertiary/aromatic N) is 2. The van der Waals surface area contributed by atoms with Gasteiger partial charge in [0.05, 0.1) is 5.69 Å². The van der Waals surface area contributed by atoms with E-state index in [1.54, 1.807) is 17.5 Å². The third-order valence-electron chi connectivity index (χ3n) is 2.55. The molecule has 0 bridgehead atoms. The van der Waals surface area contributed by atoms with Crippen molar-refractivity contribution < 1.29 is 0 Å². The minimum Gasteiger partial charge on any atom is -0.311 e. The topological polar surface area (TPSA) is 37.8 Å². The van der Waals surface area contributed by atoms with Crippen molar-refractivity contribution >= 4 is 27.3 Å². The summed E-state index contributed by atoms with van der Waals surface area (Å²) in [5.74, 6) is 0. The van der Waals surface area contributed by atoms with Crippen molar-refractivity contribution in [2.24, 2.45) is 0 Å². The molecule has 0 fully saturated rings. The zero-order valence-electron chi connectivity index (χ0n) is 8.53. The molecule has 82 valence electrons. The lowest BCUT2D eigenvalue weighted by molar-refractivity contribution is 0.644. The van der Waals surface area contributed by atoms with Crippen LogP contribution in [0.3, 0.4) is 0 Å². The number of aromatic nitrogens is 2. The molecule has 0 atom stereocenters. The Bertz CT molecular complexity index is 500. The van der Waals surface area contributed by atoms with Crippen molar-refractivity contribution in [3.63, 3.8) is 0 Å². The molecule has 3 heterocycles. The van der Waals surface area contributed by atoms with Crippen LogP contribution in [0.5, 0.6) is 0 Å². The van der Waals surface area contributed by atoms with Crippen LogP contribution in [-0.2, 0) is 13.0 Å². The second kappa shape index (κ2) is 4.24. The molecule has 0 unspecified atom stereocenters. The quantitative estimate of drug-likeness (QED) is 0.879. The lowest BCUT2D eigenvalue weighted by Gasteiger charge is -2.09. The normalized spacial score (nSPS) is 14.8. The molecule has 3 rings (SSSR count). The number of halogens is 1. The van der Waals surface area contributed by atoms with Gasteiger partial charge in [-0.2, -0.15) is 0 Å². The third-order valence-corrected chi connectivity index (χ3v) is 4.13. The molecule has 0 radical (unpaired) electrons. The lowest BCUT2D eigenvalue weighted by atomic mass is 10.2. The van der Waals surface area contributed by atoms with Crippen molar-refractivity contribution in [3.8, 4) is 10.6 Å². The highest BCUT2D eigenvalue weighted by atomic mass is 79.9. The van der Waals surface area contributed by atoms with E-state index in [-0.39, 0.29) is 0 Å². The SMILES string of the molecule is Brc1cncc(-c2nc3c(s2)CNCC3)c1. The van der Waals surface area contributed by atoms with E-state index in [0.29, 0.717) is 0 Å². The van der Waals surface area contributed by atoms with Crippen LogP contribution in [-0.4, -0.2) is 16.5 Å². The Labute approximate surface area is 106 Å². The number of thiazole rings is 1. The zero-order chi connectivity index (χ0) is 11.0. The van der Waals surface area contributed by atoms with Crippen molar-refractivity contribution in [2.75, 3.05) is 6.54 Å². The molecule has 2 aromatic heterocycles. The van der Waals surface area contributed by atoms with E-state index < -0.39 is 0 Å². The minimum atomic E-state index is 0.953. The number of hydrogen-bond donors (Lipinski definition) is 1. The van der Waals surface area contributed by atoms with Gasteiger partial charge in [-0.05, 0) is 22.0 Å². The van der Waals surface area contributed by atoms with E-state index in [2.05, 4.69) is 37.3 Å². The summed E-state index contributed by atoms with van der Waals surface area (Å²) >= 11 is 5.20. The van der Waals surface area contributed by atoms with Gasteiger partial charge >= 0.3 is 0 Å². The molecule has 16 heavy (non-hydrogen) atoms. The highest BCUT2D eigenvalue weighted by Gasteiger charge is 2.15. The number of pyridine rings is 1. The van der Waals surface area contributed by atoms with Gasteiger partial charge in [-0.25, -0.2) is 4.98 Å². The Morgan fingerprint density at radius 2 is 2.31 bits per heavy atom. The number of fused-ring (bicyclic) bond motifs is 1. The van der Waals surface area contributed by atoms with Gasteiger partial charge in [0, 0.05) is 46.8 Å². The van der Waals surface area contributed by atoms with Crippen LogP contribution in [0, 0.1) is 0 Å². The van der Waals surface area contributed by atoms with Crippen LogP contribution in [0.4, 0.5) is 0 Å². The van der Waals surface area contributed by atoms with E-state index >= 15 is 0 Å². The fourth-order valence-corrected chi connectivity index (χ4v) is 3.20. The number of hydrogen-bond acceptors (Lipinski definition) is 4. The van der Waals surface area contributed by atoms with Crippen LogP contribution < -0.4 is 5.32 Å². The molecule has 0 saturated heterocycles. The van der Waals surface area contributed by atoms with E-state index in [4.69, 9.17) is 0 Å². The summed E-state index contributed by atoms with van der Waals surface area (Å²) in [4.78, 5) is 10.2. The summed E-state index contributed by atoms with van der Waals surface area (Å²) in [5.41, 5.74) is 2.34. The Morgan fingerprint density at radius 1 is 1.38 bits per heavy atom. The highest BCUT2D eigenvalue weighted by Crippen LogP contribution is 2.30. The van der Waals surface area contributed by atoms with Crippen molar-refractivity contribution in [2.45, 2.75) is 13.0 Å². The Hall–Kier alpha value is -0.780. The summed E-state index contributed by atoms with van der Waals surface area (Å²) in [5, 5.41) is 4.43. The molecule has 1 aliphatic rings. The average Bonchev–Trinajstić information content (AvgIpc) is 2.72. The lowest BCUT2D eigenvalue weighted by Crippen LogP contribution is -2.22. The molecule has 0 aliphatic carbocycles. The summed E-state index contributed by atoms with van der Waals surface area (Å²) in [6.45, 7) is 1.99. The molecule has 0 amide bonds. The maximum absolute atomic E-state index is 4.68. The fourth-order valence-electron chi connectivity index (χ4n) is 1.78. The summed E-state index contributed by atoms with van der Waals surface area (Å²) in [6.07, 6.45) is 4.69. The molecule has 0 spiro atoms. The number of nitrogens with one attached hydrogen (secondary N) is 1. The summed E-state index contributed by atoms with van der Waals surface area (Å²) < 4.78 is 0.997.